The number of hydrogen-bond acceptors (Lipinski definition) is 2. The maximum absolute atomic E-state index is 9.60. The van der Waals surface area contributed by atoms with Gasteiger partial charge in [0.05, 0.1) is 5.92 Å². The molecule has 0 N–H and O–H groups in total. The molecule has 3 aliphatic rings. The van der Waals surface area contributed by atoms with Crippen molar-refractivity contribution in [2.45, 2.75) is 110 Å². The van der Waals surface area contributed by atoms with Gasteiger partial charge in [-0.2, -0.15) is 5.26 Å². The molecule has 33 heavy (non-hydrogen) atoms. The van der Waals surface area contributed by atoms with E-state index in [0.717, 1.165) is 31.4 Å². The van der Waals surface area contributed by atoms with Gasteiger partial charge in [0.15, 0.2) is 6.07 Å². The molecule has 0 heterocycles. The molecule has 2 fully saturated rings. The molecule has 0 amide bonds. The minimum Gasteiger partial charge on any atom is -0.543 e. The fourth-order valence-corrected chi connectivity index (χ4v) is 8.26. The molecule has 4 rings (SSSR count). The van der Waals surface area contributed by atoms with Crippen LogP contribution >= 0.6 is 0 Å². The van der Waals surface area contributed by atoms with Crippen LogP contribution < -0.4 is 4.43 Å². The first kappa shape index (κ1) is 24.3. The lowest BCUT2D eigenvalue weighted by atomic mass is 9.53. The Morgan fingerprint density at radius 3 is 2.58 bits per heavy atom. The number of hydrogen-bond donors (Lipinski definition) is 0. The summed E-state index contributed by atoms with van der Waals surface area (Å²) in [7, 11) is -1.88. The summed E-state index contributed by atoms with van der Waals surface area (Å²) >= 11 is 0. The van der Waals surface area contributed by atoms with E-state index in [1.807, 2.05) is 0 Å². The highest BCUT2D eigenvalue weighted by molar-refractivity contribution is 6.74. The third-order valence-corrected chi connectivity index (χ3v) is 14.5. The zero-order chi connectivity index (χ0) is 24.2. The molecule has 0 spiro atoms. The van der Waals surface area contributed by atoms with Crippen LogP contribution in [0, 0.1) is 41.1 Å². The van der Waals surface area contributed by atoms with Gasteiger partial charge in [0.2, 0.25) is 8.32 Å². The molecule has 0 saturated heterocycles. The summed E-state index contributed by atoms with van der Waals surface area (Å²) in [6.07, 6.45) is 7.98. The first-order chi connectivity index (χ1) is 15.5. The van der Waals surface area contributed by atoms with E-state index in [2.05, 4.69) is 70.8 Å². The first-order valence-electron chi connectivity index (χ1n) is 13.1. The van der Waals surface area contributed by atoms with Gasteiger partial charge in [0.1, 0.15) is 5.75 Å². The average molecular weight is 463 g/mol. The van der Waals surface area contributed by atoms with E-state index < -0.39 is 14.4 Å². The summed E-state index contributed by atoms with van der Waals surface area (Å²) in [5.41, 5.74) is 4.62. The molecule has 0 radical (unpaired) electrons. The zero-order valence-corrected chi connectivity index (χ0v) is 22.8. The maximum Gasteiger partial charge on any atom is 0.310 e. The van der Waals surface area contributed by atoms with Gasteiger partial charge in [-0.25, -0.2) is 6.57 Å². The van der Waals surface area contributed by atoms with Crippen LogP contribution in [0.15, 0.2) is 12.1 Å². The van der Waals surface area contributed by atoms with Crippen LogP contribution in [0.1, 0.15) is 89.3 Å². The third-order valence-electron chi connectivity index (χ3n) is 10.2. The molecule has 0 bridgehead atoms. The Labute approximate surface area is 202 Å². The van der Waals surface area contributed by atoms with Gasteiger partial charge in [-0.15, -0.1) is 0 Å². The number of fused-ring (bicyclic) bond motifs is 5. The Bertz CT molecular complexity index is 981. The Morgan fingerprint density at radius 2 is 1.97 bits per heavy atom. The molecule has 1 unspecified atom stereocenters. The van der Waals surface area contributed by atoms with Crippen molar-refractivity contribution in [2.75, 3.05) is 0 Å². The van der Waals surface area contributed by atoms with Gasteiger partial charge in [-0.05, 0) is 109 Å². The van der Waals surface area contributed by atoms with Crippen molar-refractivity contribution in [2.24, 2.45) is 23.2 Å². The van der Waals surface area contributed by atoms with Crippen LogP contribution in [-0.2, 0) is 12.8 Å². The molecule has 1 aromatic rings. The number of aryl methyl sites for hydroxylation is 2. The predicted molar refractivity (Wildman–Crippen MR) is 138 cm³/mol. The highest BCUT2D eigenvalue weighted by atomic mass is 28.4. The number of nitriles is 1. The quantitative estimate of drug-likeness (QED) is 0.336. The van der Waals surface area contributed by atoms with Gasteiger partial charge >= 0.3 is 6.04 Å². The topological polar surface area (TPSA) is 37.4 Å². The lowest BCUT2D eigenvalue weighted by Gasteiger charge is -2.50. The minimum atomic E-state index is -1.88. The van der Waals surface area contributed by atoms with E-state index in [1.54, 1.807) is 5.56 Å². The van der Waals surface area contributed by atoms with E-state index in [1.165, 1.54) is 30.4 Å². The summed E-state index contributed by atoms with van der Waals surface area (Å²) in [4.78, 5) is 3.72. The lowest BCUT2D eigenvalue weighted by Crippen LogP contribution is -2.45. The smallest absolute Gasteiger partial charge is 0.310 e. The Morgan fingerprint density at radius 1 is 1.24 bits per heavy atom. The van der Waals surface area contributed by atoms with Crippen molar-refractivity contribution in [3.63, 3.8) is 0 Å². The summed E-state index contributed by atoms with van der Waals surface area (Å²) in [6.45, 7) is 23.8. The van der Waals surface area contributed by atoms with Crippen LogP contribution in [0.2, 0.25) is 18.1 Å². The minimum absolute atomic E-state index is 0.155. The summed E-state index contributed by atoms with van der Waals surface area (Å²) in [5.74, 6) is 3.37. The summed E-state index contributed by atoms with van der Waals surface area (Å²) in [6, 6.07) is 6.77. The second-order valence-corrected chi connectivity index (χ2v) is 17.4. The standard InChI is InChI=1S/C29H42N2OSi/c1-9-19-16-23-20(17-27(19)32-33(7,8)28(2,3)4)10-11-22-21(23)14-15-29(5)24(22)12-13-25(29)26(18-30)31-6/h16-17,21-22,24-26H,9-15H2,1-5,7-8H3/t21-,22+,24-,25+,26?,29-/m0/s1. The molecule has 178 valence electrons. The molecule has 1 aromatic carbocycles. The molecular weight excluding hydrogens is 420 g/mol. The second-order valence-electron chi connectivity index (χ2n) is 12.7. The predicted octanol–water partition coefficient (Wildman–Crippen LogP) is 7.92. The first-order valence-corrected chi connectivity index (χ1v) is 16.0. The van der Waals surface area contributed by atoms with Crippen LogP contribution in [0.3, 0.4) is 0 Å². The van der Waals surface area contributed by atoms with Gasteiger partial charge in [0.25, 0.3) is 0 Å². The van der Waals surface area contributed by atoms with E-state index in [-0.39, 0.29) is 16.4 Å². The molecule has 4 heteroatoms. The molecule has 0 aliphatic heterocycles. The van der Waals surface area contributed by atoms with Crippen molar-refractivity contribution in [3.8, 4) is 11.8 Å². The van der Waals surface area contributed by atoms with Gasteiger partial charge in [0, 0.05) is 0 Å². The van der Waals surface area contributed by atoms with E-state index in [4.69, 9.17) is 11.0 Å². The Kier molecular flexibility index (Phi) is 6.24. The lowest BCUT2D eigenvalue weighted by molar-refractivity contribution is 0.0283. The van der Waals surface area contributed by atoms with Crippen molar-refractivity contribution in [1.82, 2.24) is 0 Å². The molecule has 6 atom stereocenters. The highest BCUT2D eigenvalue weighted by Gasteiger charge is 2.58. The highest BCUT2D eigenvalue weighted by Crippen LogP contribution is 2.64. The van der Waals surface area contributed by atoms with Crippen LogP contribution in [-0.4, -0.2) is 14.4 Å². The normalized spacial score (nSPS) is 32.0. The zero-order valence-electron chi connectivity index (χ0n) is 21.8. The fourth-order valence-electron chi connectivity index (χ4n) is 7.21. The fraction of sp³-hybridized carbons (Fsp3) is 0.724. The average Bonchev–Trinajstić information content (AvgIpc) is 3.10. The summed E-state index contributed by atoms with van der Waals surface area (Å²) in [5, 5.41) is 9.79. The van der Waals surface area contributed by atoms with E-state index >= 15 is 0 Å². The maximum atomic E-state index is 9.60. The SMILES string of the molecule is [C-]#[N+]C(C#N)[C@H]1CC[C@H]2[C@@H]3CCc4cc(O[Si](C)(C)C(C)(C)C)c(CC)cc4[C@H]3CC[C@]12C. The molecule has 2 saturated carbocycles. The van der Waals surface area contributed by atoms with E-state index in [9.17, 15) is 5.26 Å². The monoisotopic (exact) mass is 462 g/mol. The largest absolute Gasteiger partial charge is 0.543 e. The molecule has 3 aliphatic carbocycles. The Hall–Kier alpha value is -1.78. The van der Waals surface area contributed by atoms with Crippen molar-refractivity contribution < 1.29 is 4.43 Å². The number of nitrogens with zero attached hydrogens (tertiary/aromatic N) is 2. The number of rotatable bonds is 4. The molecular formula is C29H42N2OSi. The van der Waals surface area contributed by atoms with Crippen LogP contribution in [0.25, 0.3) is 4.85 Å². The van der Waals surface area contributed by atoms with Crippen LogP contribution in [0.4, 0.5) is 0 Å². The van der Waals surface area contributed by atoms with Gasteiger partial charge < -0.3 is 4.43 Å². The summed E-state index contributed by atoms with van der Waals surface area (Å²) < 4.78 is 6.82. The molecule has 0 aromatic heterocycles. The molecule has 3 nitrogen and oxygen atoms in total. The third kappa shape index (κ3) is 3.93. The Balaban J connectivity index is 1.64. The van der Waals surface area contributed by atoms with E-state index in [0.29, 0.717) is 17.8 Å². The second kappa shape index (κ2) is 8.46. The van der Waals surface area contributed by atoms with Crippen molar-refractivity contribution in [3.05, 3.63) is 40.2 Å². The van der Waals surface area contributed by atoms with Gasteiger partial charge in [-0.3, -0.25) is 4.85 Å². The van der Waals surface area contributed by atoms with Crippen LogP contribution in [0.5, 0.6) is 5.75 Å². The number of benzene rings is 1. The van der Waals surface area contributed by atoms with Gasteiger partial charge in [-0.1, -0.05) is 40.7 Å². The van der Waals surface area contributed by atoms with Crippen molar-refractivity contribution in [1.29, 1.82) is 5.26 Å². The van der Waals surface area contributed by atoms with Crippen molar-refractivity contribution >= 4 is 8.32 Å².